The predicted molar refractivity (Wildman–Crippen MR) is 89.9 cm³/mol. The first-order valence-corrected chi connectivity index (χ1v) is 7.58. The molecule has 0 spiro atoms. The molecule has 3 aromatic rings. The Labute approximate surface area is 130 Å². The molecule has 3 nitrogen and oxygen atoms in total. The van der Waals surface area contributed by atoms with Crippen LogP contribution in [0.2, 0.25) is 0 Å². The van der Waals surface area contributed by atoms with Gasteiger partial charge in [-0.2, -0.15) is 0 Å². The molecule has 0 aliphatic heterocycles. The van der Waals surface area contributed by atoms with Crippen LogP contribution in [-0.2, 0) is 13.0 Å². The number of hydrogen-bond acceptors (Lipinski definition) is 1. The molecule has 0 unspecified atom stereocenters. The second-order valence-corrected chi connectivity index (χ2v) is 5.60. The molecule has 112 valence electrons. The smallest absolute Gasteiger partial charge is 0.270 e. The third-order valence-corrected chi connectivity index (χ3v) is 3.96. The van der Waals surface area contributed by atoms with Gasteiger partial charge in [0.15, 0.2) is 0 Å². The Balaban J connectivity index is 1.75. The number of amides is 1. The zero-order chi connectivity index (χ0) is 15.5. The predicted octanol–water partition coefficient (Wildman–Crippen LogP) is 4.00. The molecule has 0 aliphatic carbocycles. The minimum Gasteiger partial charge on any atom is -0.351 e. The van der Waals surface area contributed by atoms with Gasteiger partial charge in [-0.1, -0.05) is 49.4 Å². The highest BCUT2D eigenvalue weighted by atomic mass is 16.2. The summed E-state index contributed by atoms with van der Waals surface area (Å²) in [5, 5.41) is 1.06. The molecule has 0 saturated carbocycles. The maximum Gasteiger partial charge on any atom is 0.270 e. The van der Waals surface area contributed by atoms with Crippen molar-refractivity contribution in [3.05, 3.63) is 71.4 Å². The summed E-state index contributed by atoms with van der Waals surface area (Å²) in [6.07, 6.45) is 1.03. The van der Waals surface area contributed by atoms with Crippen LogP contribution in [0.3, 0.4) is 0 Å². The average Bonchev–Trinajstić information content (AvgIpc) is 2.98. The summed E-state index contributed by atoms with van der Waals surface area (Å²) >= 11 is 0. The summed E-state index contributed by atoms with van der Waals surface area (Å²) in [6, 6.07) is 18.3. The second-order valence-electron chi connectivity index (χ2n) is 5.60. The summed E-state index contributed by atoms with van der Waals surface area (Å²) in [7, 11) is 1.83. The SMILES string of the molecule is CCc1ccc(CN(C)C(=O)c2cc3ccccc3[nH]2)cc1. The molecule has 1 amide bonds. The minimum atomic E-state index is 0.00997. The second kappa shape index (κ2) is 6.06. The van der Waals surface area contributed by atoms with Gasteiger partial charge in [-0.05, 0) is 29.7 Å². The first-order valence-electron chi connectivity index (χ1n) is 7.58. The van der Waals surface area contributed by atoms with Crippen LogP contribution >= 0.6 is 0 Å². The van der Waals surface area contributed by atoms with Crippen molar-refractivity contribution in [3.63, 3.8) is 0 Å². The largest absolute Gasteiger partial charge is 0.351 e. The van der Waals surface area contributed by atoms with Gasteiger partial charge in [-0.3, -0.25) is 4.79 Å². The van der Waals surface area contributed by atoms with E-state index >= 15 is 0 Å². The van der Waals surface area contributed by atoms with Gasteiger partial charge in [-0.15, -0.1) is 0 Å². The quantitative estimate of drug-likeness (QED) is 0.775. The molecule has 3 rings (SSSR count). The monoisotopic (exact) mass is 292 g/mol. The fraction of sp³-hybridized carbons (Fsp3) is 0.211. The maximum atomic E-state index is 12.5. The Hall–Kier alpha value is -2.55. The Bertz CT molecular complexity index is 754. The van der Waals surface area contributed by atoms with Gasteiger partial charge in [-0.25, -0.2) is 0 Å². The van der Waals surface area contributed by atoms with Crippen molar-refractivity contribution in [2.45, 2.75) is 19.9 Å². The fourth-order valence-electron chi connectivity index (χ4n) is 2.62. The van der Waals surface area contributed by atoms with Crippen molar-refractivity contribution in [2.24, 2.45) is 0 Å². The molecule has 0 bridgehead atoms. The number of hydrogen-bond donors (Lipinski definition) is 1. The number of benzene rings is 2. The number of carbonyl (C=O) groups excluding carboxylic acids is 1. The number of rotatable bonds is 4. The van der Waals surface area contributed by atoms with Gasteiger partial charge in [0, 0.05) is 24.5 Å². The van der Waals surface area contributed by atoms with E-state index in [1.54, 1.807) is 4.90 Å². The number of para-hydroxylation sites is 1. The molecule has 1 heterocycles. The highest BCUT2D eigenvalue weighted by molar-refractivity contribution is 5.97. The first-order chi connectivity index (χ1) is 10.7. The Kier molecular flexibility index (Phi) is 3.96. The molecule has 0 saturated heterocycles. The zero-order valence-corrected chi connectivity index (χ0v) is 13.0. The number of H-pyrrole nitrogens is 1. The Morgan fingerprint density at radius 3 is 2.41 bits per heavy atom. The van der Waals surface area contributed by atoms with Crippen molar-refractivity contribution in [1.29, 1.82) is 0 Å². The highest BCUT2D eigenvalue weighted by Gasteiger charge is 2.14. The van der Waals surface area contributed by atoms with Crippen molar-refractivity contribution < 1.29 is 4.79 Å². The van der Waals surface area contributed by atoms with Crippen molar-refractivity contribution in [2.75, 3.05) is 7.05 Å². The van der Waals surface area contributed by atoms with Crippen LogP contribution in [0.5, 0.6) is 0 Å². The number of fused-ring (bicyclic) bond motifs is 1. The lowest BCUT2D eigenvalue weighted by Crippen LogP contribution is -2.26. The average molecular weight is 292 g/mol. The van der Waals surface area contributed by atoms with E-state index in [1.807, 2.05) is 37.4 Å². The number of nitrogens with one attached hydrogen (secondary N) is 1. The molecule has 0 radical (unpaired) electrons. The van der Waals surface area contributed by atoms with Gasteiger partial charge in [0.05, 0.1) is 0 Å². The van der Waals surface area contributed by atoms with E-state index in [2.05, 4.69) is 36.2 Å². The molecule has 1 N–H and O–H groups in total. The number of aromatic nitrogens is 1. The third kappa shape index (κ3) is 2.89. The lowest BCUT2D eigenvalue weighted by molar-refractivity contribution is 0.0780. The van der Waals surface area contributed by atoms with Gasteiger partial charge in [0.1, 0.15) is 5.69 Å². The zero-order valence-electron chi connectivity index (χ0n) is 13.0. The maximum absolute atomic E-state index is 12.5. The van der Waals surface area contributed by atoms with Crippen LogP contribution in [0.25, 0.3) is 10.9 Å². The summed E-state index contributed by atoms with van der Waals surface area (Å²) in [5.41, 5.74) is 4.08. The fourth-order valence-corrected chi connectivity index (χ4v) is 2.62. The standard InChI is InChI=1S/C19H20N2O/c1-3-14-8-10-15(11-9-14)13-21(2)19(22)18-12-16-6-4-5-7-17(16)20-18/h4-12,20H,3,13H2,1-2H3. The topological polar surface area (TPSA) is 36.1 Å². The molecule has 22 heavy (non-hydrogen) atoms. The van der Waals surface area contributed by atoms with Gasteiger partial charge >= 0.3 is 0 Å². The molecule has 2 aromatic carbocycles. The van der Waals surface area contributed by atoms with Crippen molar-refractivity contribution in [1.82, 2.24) is 9.88 Å². The number of aryl methyl sites for hydroxylation is 1. The van der Waals surface area contributed by atoms with Crippen molar-refractivity contribution >= 4 is 16.8 Å². The molecule has 0 atom stereocenters. The lowest BCUT2D eigenvalue weighted by atomic mass is 10.1. The molecule has 3 heteroatoms. The number of aromatic amines is 1. The summed E-state index contributed by atoms with van der Waals surface area (Å²) < 4.78 is 0. The van der Waals surface area contributed by atoms with Crippen LogP contribution in [0.15, 0.2) is 54.6 Å². The molecule has 1 aromatic heterocycles. The molecule has 0 fully saturated rings. The van der Waals surface area contributed by atoms with E-state index in [-0.39, 0.29) is 5.91 Å². The normalized spacial score (nSPS) is 10.8. The summed E-state index contributed by atoms with van der Waals surface area (Å²) in [4.78, 5) is 17.5. The Morgan fingerprint density at radius 1 is 1.05 bits per heavy atom. The van der Waals surface area contributed by atoms with Crippen LogP contribution in [0.1, 0.15) is 28.5 Å². The van der Waals surface area contributed by atoms with Gasteiger partial charge < -0.3 is 9.88 Å². The third-order valence-electron chi connectivity index (χ3n) is 3.96. The molecular formula is C19H20N2O. The minimum absolute atomic E-state index is 0.00997. The lowest BCUT2D eigenvalue weighted by Gasteiger charge is -2.16. The van der Waals surface area contributed by atoms with Crippen LogP contribution in [0.4, 0.5) is 0 Å². The summed E-state index contributed by atoms with van der Waals surface area (Å²) in [6.45, 7) is 2.75. The summed E-state index contributed by atoms with van der Waals surface area (Å²) in [5.74, 6) is 0.00997. The first kappa shape index (κ1) is 14.4. The van der Waals surface area contributed by atoms with Crippen LogP contribution in [0, 0.1) is 0 Å². The van der Waals surface area contributed by atoms with Crippen LogP contribution < -0.4 is 0 Å². The van der Waals surface area contributed by atoms with E-state index in [0.29, 0.717) is 12.2 Å². The van der Waals surface area contributed by atoms with Crippen molar-refractivity contribution in [3.8, 4) is 0 Å². The van der Waals surface area contributed by atoms with Gasteiger partial charge in [0.2, 0.25) is 0 Å². The molecule has 0 aliphatic rings. The number of nitrogens with zero attached hydrogens (tertiary/aromatic N) is 1. The van der Waals surface area contributed by atoms with E-state index in [9.17, 15) is 4.79 Å². The van der Waals surface area contributed by atoms with E-state index < -0.39 is 0 Å². The van der Waals surface area contributed by atoms with Crippen LogP contribution in [-0.4, -0.2) is 22.8 Å². The van der Waals surface area contributed by atoms with Gasteiger partial charge in [0.25, 0.3) is 5.91 Å². The van der Waals surface area contributed by atoms with E-state index in [1.165, 1.54) is 5.56 Å². The van der Waals surface area contributed by atoms with E-state index in [4.69, 9.17) is 0 Å². The Morgan fingerprint density at radius 2 is 1.73 bits per heavy atom. The van der Waals surface area contributed by atoms with E-state index in [0.717, 1.165) is 22.9 Å². The highest BCUT2D eigenvalue weighted by Crippen LogP contribution is 2.16. The molecular weight excluding hydrogens is 272 g/mol. The number of carbonyl (C=O) groups is 1.